The Morgan fingerprint density at radius 2 is 1.16 bits per heavy atom. The van der Waals surface area contributed by atoms with Crippen LogP contribution in [0.2, 0.25) is 0 Å². The molecule has 0 aromatic heterocycles. The summed E-state index contributed by atoms with van der Waals surface area (Å²) in [7, 11) is 0. The molecule has 2 rings (SSSR count). The van der Waals surface area contributed by atoms with Crippen LogP contribution >= 0.6 is 0 Å². The standard InChI is InChI=1S/C26H30F6O6/c1-2-3-12-23(37,13-16-4-8-18(9-5-16)25(27,28)29)22(36)24(38,21(35)20(34)15-33)14-17-6-10-19(11-7-17)26(30,31)32/h2-11,20-22,33-38H,12-15H2,1H3/b3-2+/t20-,21+,22+,23?,24+/m0/s1. The Morgan fingerprint density at radius 3 is 1.53 bits per heavy atom. The SMILES string of the molecule is C/C=C/CC(O)(Cc1ccc(C(F)(F)F)cc1)[C@@H](O)[C@@](O)(Cc1ccc(C(F)(F)F)cc1)[C@H](O)[C@@H](O)CO. The van der Waals surface area contributed by atoms with Crippen molar-refractivity contribution in [1.29, 1.82) is 0 Å². The van der Waals surface area contributed by atoms with Gasteiger partial charge in [0, 0.05) is 12.8 Å². The average Bonchev–Trinajstić information content (AvgIpc) is 2.85. The molecular weight excluding hydrogens is 522 g/mol. The molecule has 0 spiro atoms. The van der Waals surface area contributed by atoms with Gasteiger partial charge in [0.25, 0.3) is 0 Å². The van der Waals surface area contributed by atoms with Crippen molar-refractivity contribution in [2.75, 3.05) is 6.61 Å². The molecule has 12 heteroatoms. The smallest absolute Gasteiger partial charge is 0.394 e. The summed E-state index contributed by atoms with van der Waals surface area (Å²) >= 11 is 0. The van der Waals surface area contributed by atoms with Crippen LogP contribution in [0.1, 0.15) is 35.6 Å². The molecule has 0 heterocycles. The van der Waals surface area contributed by atoms with Crippen molar-refractivity contribution in [3.05, 3.63) is 82.9 Å². The van der Waals surface area contributed by atoms with Crippen LogP contribution < -0.4 is 0 Å². The number of hydrogen-bond acceptors (Lipinski definition) is 6. The van der Waals surface area contributed by atoms with E-state index in [4.69, 9.17) is 0 Å². The van der Waals surface area contributed by atoms with Gasteiger partial charge in [0.15, 0.2) is 0 Å². The first-order chi connectivity index (χ1) is 17.5. The van der Waals surface area contributed by atoms with E-state index >= 15 is 0 Å². The van der Waals surface area contributed by atoms with Crippen LogP contribution in [0.3, 0.4) is 0 Å². The predicted molar refractivity (Wildman–Crippen MR) is 125 cm³/mol. The van der Waals surface area contributed by atoms with Gasteiger partial charge in [-0.1, -0.05) is 36.4 Å². The third-order valence-electron chi connectivity index (χ3n) is 6.31. The van der Waals surface area contributed by atoms with Gasteiger partial charge in [0.2, 0.25) is 0 Å². The highest BCUT2D eigenvalue weighted by molar-refractivity contribution is 5.29. The Kier molecular flexibility index (Phi) is 10.1. The molecule has 0 aliphatic heterocycles. The molecule has 1 unspecified atom stereocenters. The van der Waals surface area contributed by atoms with E-state index in [1.165, 1.54) is 12.2 Å². The molecule has 0 saturated carbocycles. The summed E-state index contributed by atoms with van der Waals surface area (Å²) < 4.78 is 77.7. The maximum atomic E-state index is 12.9. The third-order valence-corrected chi connectivity index (χ3v) is 6.31. The number of allylic oxidation sites excluding steroid dienone is 1. The zero-order chi connectivity index (χ0) is 28.9. The minimum absolute atomic E-state index is 0.0216. The molecule has 212 valence electrons. The van der Waals surface area contributed by atoms with Gasteiger partial charge in [-0.2, -0.15) is 26.3 Å². The maximum Gasteiger partial charge on any atom is 0.416 e. The second kappa shape index (κ2) is 12.1. The first-order valence-electron chi connectivity index (χ1n) is 11.5. The number of halogens is 6. The summed E-state index contributed by atoms with van der Waals surface area (Å²) in [5, 5.41) is 64.3. The fourth-order valence-corrected chi connectivity index (χ4v) is 4.17. The minimum atomic E-state index is -4.66. The summed E-state index contributed by atoms with van der Waals surface area (Å²) in [6, 6.07) is 6.98. The molecule has 6 N–H and O–H groups in total. The van der Waals surface area contributed by atoms with Gasteiger partial charge in [-0.15, -0.1) is 0 Å². The summed E-state index contributed by atoms with van der Waals surface area (Å²) in [6.07, 6.45) is -14.7. The molecule has 0 aliphatic carbocycles. The first kappa shape index (κ1) is 31.7. The number of benzene rings is 2. The lowest BCUT2D eigenvalue weighted by atomic mass is 9.71. The topological polar surface area (TPSA) is 121 Å². The van der Waals surface area contributed by atoms with Crippen LogP contribution in [0, 0.1) is 0 Å². The van der Waals surface area contributed by atoms with E-state index in [1.807, 2.05) is 0 Å². The molecule has 38 heavy (non-hydrogen) atoms. The largest absolute Gasteiger partial charge is 0.416 e. The fraction of sp³-hybridized carbons (Fsp3) is 0.462. The molecule has 2 aromatic carbocycles. The highest BCUT2D eigenvalue weighted by atomic mass is 19.4. The average molecular weight is 553 g/mol. The normalized spacial score (nSPS) is 18.6. The Morgan fingerprint density at radius 1 is 0.737 bits per heavy atom. The highest BCUT2D eigenvalue weighted by Crippen LogP contribution is 2.36. The Balaban J connectivity index is 2.52. The number of hydrogen-bond donors (Lipinski definition) is 6. The van der Waals surface area contributed by atoms with Gasteiger partial charge >= 0.3 is 12.4 Å². The van der Waals surface area contributed by atoms with E-state index in [0.29, 0.717) is 12.1 Å². The molecule has 2 aromatic rings. The van der Waals surface area contributed by atoms with Crippen LogP contribution in [0.25, 0.3) is 0 Å². The minimum Gasteiger partial charge on any atom is -0.394 e. The van der Waals surface area contributed by atoms with Gasteiger partial charge in [-0.3, -0.25) is 0 Å². The zero-order valence-corrected chi connectivity index (χ0v) is 20.3. The summed E-state index contributed by atoms with van der Waals surface area (Å²) in [5.41, 5.74) is -7.04. The van der Waals surface area contributed by atoms with Crippen molar-refractivity contribution in [3.63, 3.8) is 0 Å². The van der Waals surface area contributed by atoms with Crippen LogP contribution in [0.5, 0.6) is 0 Å². The van der Waals surface area contributed by atoms with Crippen LogP contribution in [-0.4, -0.2) is 66.8 Å². The van der Waals surface area contributed by atoms with E-state index in [2.05, 4.69) is 0 Å². The Labute approximate surface area is 215 Å². The van der Waals surface area contributed by atoms with Gasteiger partial charge in [0.1, 0.15) is 29.5 Å². The Hall–Kier alpha value is -2.48. The lowest BCUT2D eigenvalue weighted by molar-refractivity contribution is -0.228. The monoisotopic (exact) mass is 552 g/mol. The predicted octanol–water partition coefficient (Wildman–Crippen LogP) is 3.01. The van der Waals surface area contributed by atoms with E-state index in [-0.39, 0.29) is 17.5 Å². The lowest BCUT2D eigenvalue weighted by Gasteiger charge is -2.46. The fourth-order valence-electron chi connectivity index (χ4n) is 4.17. The molecule has 0 radical (unpaired) electrons. The van der Waals surface area contributed by atoms with E-state index in [9.17, 15) is 57.0 Å². The van der Waals surface area contributed by atoms with Gasteiger partial charge in [0.05, 0.1) is 17.7 Å². The highest BCUT2D eigenvalue weighted by Gasteiger charge is 2.54. The summed E-state index contributed by atoms with van der Waals surface area (Å²) in [5.74, 6) is 0. The summed E-state index contributed by atoms with van der Waals surface area (Å²) in [6.45, 7) is 0.499. The van der Waals surface area contributed by atoms with Gasteiger partial charge < -0.3 is 30.6 Å². The Bertz CT molecular complexity index is 1050. The molecule has 0 fully saturated rings. The van der Waals surface area contributed by atoms with Crippen molar-refractivity contribution in [1.82, 2.24) is 0 Å². The maximum absolute atomic E-state index is 12.9. The van der Waals surface area contributed by atoms with Crippen LogP contribution in [0.4, 0.5) is 26.3 Å². The van der Waals surface area contributed by atoms with Gasteiger partial charge in [-0.25, -0.2) is 0 Å². The van der Waals surface area contributed by atoms with Crippen molar-refractivity contribution < 1.29 is 57.0 Å². The molecule has 0 saturated heterocycles. The zero-order valence-electron chi connectivity index (χ0n) is 20.3. The third kappa shape index (κ3) is 7.55. The number of rotatable bonds is 11. The van der Waals surface area contributed by atoms with Crippen molar-refractivity contribution in [3.8, 4) is 0 Å². The lowest BCUT2D eigenvalue weighted by Crippen LogP contribution is -2.66. The molecule has 0 bridgehead atoms. The van der Waals surface area contributed by atoms with E-state index < -0.39 is 72.4 Å². The first-order valence-corrected chi connectivity index (χ1v) is 11.5. The van der Waals surface area contributed by atoms with Gasteiger partial charge in [-0.05, 0) is 48.7 Å². The van der Waals surface area contributed by atoms with E-state index in [1.54, 1.807) is 6.92 Å². The quantitative estimate of drug-likeness (QED) is 0.188. The van der Waals surface area contributed by atoms with Crippen LogP contribution in [-0.2, 0) is 25.2 Å². The summed E-state index contributed by atoms with van der Waals surface area (Å²) in [4.78, 5) is 0. The van der Waals surface area contributed by atoms with Crippen molar-refractivity contribution in [2.45, 2.75) is 68.1 Å². The van der Waals surface area contributed by atoms with Crippen molar-refractivity contribution in [2.24, 2.45) is 0 Å². The molecule has 6 nitrogen and oxygen atoms in total. The van der Waals surface area contributed by atoms with Crippen molar-refractivity contribution >= 4 is 0 Å². The number of aliphatic hydroxyl groups is 6. The second-order valence-corrected chi connectivity index (χ2v) is 9.21. The molecule has 0 amide bonds. The number of aliphatic hydroxyl groups excluding tert-OH is 4. The molecular formula is C26H30F6O6. The van der Waals surface area contributed by atoms with E-state index in [0.717, 1.165) is 36.4 Å². The van der Waals surface area contributed by atoms with Crippen LogP contribution in [0.15, 0.2) is 60.7 Å². The molecule has 0 aliphatic rings. The number of alkyl halides is 6. The second-order valence-electron chi connectivity index (χ2n) is 9.21. The molecule has 5 atom stereocenters.